The maximum atomic E-state index is 13.2. The van der Waals surface area contributed by atoms with E-state index in [1.54, 1.807) is 12.0 Å². The first kappa shape index (κ1) is 25.5. The normalized spacial score (nSPS) is 13.7. The molecular weight excluding hydrogens is 452 g/mol. The third kappa shape index (κ3) is 6.14. The van der Waals surface area contributed by atoms with Gasteiger partial charge in [0.25, 0.3) is 0 Å². The molecule has 1 aliphatic carbocycles. The van der Waals surface area contributed by atoms with Gasteiger partial charge in [-0.25, -0.2) is 4.98 Å². The number of nitrogens with zero attached hydrogens (tertiary/aromatic N) is 3. The van der Waals surface area contributed by atoms with Gasteiger partial charge in [-0.2, -0.15) is 0 Å². The number of ether oxygens (including phenoxy) is 1. The fourth-order valence-electron chi connectivity index (χ4n) is 4.71. The zero-order valence-corrected chi connectivity index (χ0v) is 21.7. The van der Waals surface area contributed by atoms with E-state index in [0.29, 0.717) is 12.5 Å². The minimum Gasteiger partial charge on any atom is -0.497 e. The van der Waals surface area contributed by atoms with E-state index in [-0.39, 0.29) is 30.2 Å². The third-order valence-corrected chi connectivity index (χ3v) is 6.59. The first-order valence-corrected chi connectivity index (χ1v) is 12.7. The standard InChI is InChI=1S/C29H36N4O3/c1-20(2)17-32(28(35)23-7-5-6-8-23)19-27(34)31-29-30-26(22-11-15-25(36-4)16-12-22)18-33(29)24-13-9-21(3)10-14-24/h9-16,18,20,23H,5-8,17,19H2,1-4H3,(H,30,31,34). The summed E-state index contributed by atoms with van der Waals surface area (Å²) in [6, 6.07) is 15.7. The van der Waals surface area contributed by atoms with Gasteiger partial charge in [-0.05, 0) is 62.1 Å². The van der Waals surface area contributed by atoms with E-state index >= 15 is 0 Å². The van der Waals surface area contributed by atoms with Crippen molar-refractivity contribution in [3.05, 3.63) is 60.3 Å². The van der Waals surface area contributed by atoms with Crippen LogP contribution in [-0.4, -0.2) is 46.5 Å². The summed E-state index contributed by atoms with van der Waals surface area (Å²) in [7, 11) is 1.63. The minimum absolute atomic E-state index is 0.0200. The van der Waals surface area contributed by atoms with E-state index < -0.39 is 0 Å². The molecule has 0 unspecified atom stereocenters. The van der Waals surface area contributed by atoms with Crippen molar-refractivity contribution in [1.29, 1.82) is 0 Å². The Bertz CT molecular complexity index is 1180. The number of nitrogens with one attached hydrogen (secondary N) is 1. The lowest BCUT2D eigenvalue weighted by atomic mass is 10.1. The number of carbonyl (C=O) groups excluding carboxylic acids is 2. The number of hydrogen-bond donors (Lipinski definition) is 1. The van der Waals surface area contributed by atoms with Crippen molar-refractivity contribution in [3.8, 4) is 22.7 Å². The Balaban J connectivity index is 1.59. The second kappa shape index (κ2) is 11.4. The van der Waals surface area contributed by atoms with Gasteiger partial charge >= 0.3 is 0 Å². The van der Waals surface area contributed by atoms with Crippen LogP contribution in [0.5, 0.6) is 5.75 Å². The summed E-state index contributed by atoms with van der Waals surface area (Å²) in [4.78, 5) is 32.8. The Morgan fingerprint density at radius 1 is 1.08 bits per heavy atom. The minimum atomic E-state index is -0.248. The molecular formula is C29H36N4O3. The van der Waals surface area contributed by atoms with Crippen molar-refractivity contribution in [2.75, 3.05) is 25.5 Å². The molecule has 2 amide bonds. The predicted molar refractivity (Wildman–Crippen MR) is 142 cm³/mol. The Labute approximate surface area is 213 Å². The lowest BCUT2D eigenvalue weighted by Crippen LogP contribution is -2.43. The second-order valence-electron chi connectivity index (χ2n) is 10.0. The number of aryl methyl sites for hydroxylation is 1. The largest absolute Gasteiger partial charge is 0.497 e. The van der Waals surface area contributed by atoms with Crippen LogP contribution in [0.4, 0.5) is 5.95 Å². The van der Waals surface area contributed by atoms with Crippen molar-refractivity contribution in [2.24, 2.45) is 11.8 Å². The molecule has 7 heteroatoms. The van der Waals surface area contributed by atoms with E-state index in [9.17, 15) is 9.59 Å². The highest BCUT2D eigenvalue weighted by Gasteiger charge is 2.29. The summed E-state index contributed by atoms with van der Waals surface area (Å²) in [5, 5.41) is 2.98. The van der Waals surface area contributed by atoms with Gasteiger partial charge < -0.3 is 9.64 Å². The molecule has 1 aromatic heterocycles. The summed E-state index contributed by atoms with van der Waals surface area (Å²) in [5.74, 6) is 1.35. The molecule has 2 aromatic carbocycles. The highest BCUT2D eigenvalue weighted by atomic mass is 16.5. The van der Waals surface area contributed by atoms with Gasteiger partial charge in [0.05, 0.1) is 19.3 Å². The zero-order valence-electron chi connectivity index (χ0n) is 21.7. The molecule has 0 aliphatic heterocycles. The van der Waals surface area contributed by atoms with E-state index in [1.807, 2.05) is 66.2 Å². The fourth-order valence-corrected chi connectivity index (χ4v) is 4.71. The number of methoxy groups -OCH3 is 1. The molecule has 0 spiro atoms. The highest BCUT2D eigenvalue weighted by Crippen LogP contribution is 2.28. The van der Waals surface area contributed by atoms with Crippen LogP contribution in [0.15, 0.2) is 54.7 Å². The molecule has 3 aromatic rings. The summed E-state index contributed by atoms with van der Waals surface area (Å²) in [6.45, 7) is 6.75. The van der Waals surface area contributed by atoms with Gasteiger partial charge in [-0.1, -0.05) is 44.4 Å². The van der Waals surface area contributed by atoms with E-state index in [2.05, 4.69) is 19.2 Å². The van der Waals surface area contributed by atoms with Crippen molar-refractivity contribution in [3.63, 3.8) is 0 Å². The molecule has 1 N–H and O–H groups in total. The SMILES string of the molecule is COc1ccc(-c2cn(-c3ccc(C)cc3)c(NC(=O)CN(CC(C)C)C(=O)C3CCCC3)n2)cc1. The van der Waals surface area contributed by atoms with Crippen molar-refractivity contribution in [1.82, 2.24) is 14.5 Å². The Morgan fingerprint density at radius 3 is 2.36 bits per heavy atom. The van der Waals surface area contributed by atoms with Gasteiger partial charge in [-0.3, -0.25) is 19.5 Å². The molecule has 1 aliphatic rings. The maximum Gasteiger partial charge on any atom is 0.246 e. The van der Waals surface area contributed by atoms with Crippen LogP contribution in [0.25, 0.3) is 16.9 Å². The smallest absolute Gasteiger partial charge is 0.246 e. The average Bonchev–Trinajstić information content (AvgIpc) is 3.54. The predicted octanol–water partition coefficient (Wildman–Crippen LogP) is 5.47. The quantitative estimate of drug-likeness (QED) is 0.433. The average molecular weight is 489 g/mol. The maximum absolute atomic E-state index is 13.2. The number of imidazole rings is 1. The number of amides is 2. The molecule has 4 rings (SSSR count). The first-order chi connectivity index (χ1) is 17.3. The van der Waals surface area contributed by atoms with Crippen molar-refractivity contribution >= 4 is 17.8 Å². The highest BCUT2D eigenvalue weighted by molar-refractivity contribution is 5.94. The monoisotopic (exact) mass is 488 g/mol. The van der Waals surface area contributed by atoms with E-state index in [0.717, 1.165) is 53.9 Å². The third-order valence-electron chi connectivity index (χ3n) is 6.59. The molecule has 0 radical (unpaired) electrons. The van der Waals surface area contributed by atoms with Gasteiger partial charge in [-0.15, -0.1) is 0 Å². The lowest BCUT2D eigenvalue weighted by Gasteiger charge is -2.26. The molecule has 1 saturated carbocycles. The van der Waals surface area contributed by atoms with E-state index in [4.69, 9.17) is 9.72 Å². The summed E-state index contributed by atoms with van der Waals surface area (Å²) < 4.78 is 7.15. The van der Waals surface area contributed by atoms with Gasteiger partial charge in [0, 0.05) is 29.9 Å². The van der Waals surface area contributed by atoms with Crippen molar-refractivity contribution < 1.29 is 14.3 Å². The van der Waals surface area contributed by atoms with Crippen LogP contribution in [-0.2, 0) is 9.59 Å². The number of rotatable bonds is 9. The molecule has 0 atom stereocenters. The second-order valence-corrected chi connectivity index (χ2v) is 10.0. The first-order valence-electron chi connectivity index (χ1n) is 12.7. The van der Waals surface area contributed by atoms with Gasteiger partial charge in [0.2, 0.25) is 17.8 Å². The fraction of sp³-hybridized carbons (Fsp3) is 0.414. The topological polar surface area (TPSA) is 76.5 Å². The van der Waals surface area contributed by atoms with Crippen LogP contribution < -0.4 is 10.1 Å². The van der Waals surface area contributed by atoms with Crippen LogP contribution in [0.3, 0.4) is 0 Å². The summed E-state index contributed by atoms with van der Waals surface area (Å²) >= 11 is 0. The molecule has 190 valence electrons. The van der Waals surface area contributed by atoms with E-state index in [1.165, 1.54) is 0 Å². The number of benzene rings is 2. The molecule has 0 bridgehead atoms. The Morgan fingerprint density at radius 2 is 1.75 bits per heavy atom. The Kier molecular flexibility index (Phi) is 8.08. The van der Waals surface area contributed by atoms with Gasteiger partial charge in [0.1, 0.15) is 5.75 Å². The number of hydrogen-bond acceptors (Lipinski definition) is 4. The van der Waals surface area contributed by atoms with Gasteiger partial charge in [0.15, 0.2) is 0 Å². The van der Waals surface area contributed by atoms with Crippen LogP contribution in [0, 0.1) is 18.8 Å². The molecule has 1 fully saturated rings. The van der Waals surface area contributed by atoms with Crippen LogP contribution in [0.1, 0.15) is 45.1 Å². The number of aromatic nitrogens is 2. The zero-order chi connectivity index (χ0) is 25.7. The molecule has 7 nitrogen and oxygen atoms in total. The van der Waals surface area contributed by atoms with Crippen molar-refractivity contribution in [2.45, 2.75) is 46.5 Å². The molecule has 36 heavy (non-hydrogen) atoms. The molecule has 1 heterocycles. The number of carbonyl (C=O) groups is 2. The van der Waals surface area contributed by atoms with Crippen LogP contribution in [0.2, 0.25) is 0 Å². The Hall–Kier alpha value is -3.61. The lowest BCUT2D eigenvalue weighted by molar-refractivity contribution is -0.138. The van der Waals surface area contributed by atoms with Crippen LogP contribution >= 0.6 is 0 Å². The molecule has 0 saturated heterocycles. The summed E-state index contributed by atoms with van der Waals surface area (Å²) in [5.41, 5.74) is 3.68. The summed E-state index contributed by atoms with van der Waals surface area (Å²) in [6.07, 6.45) is 5.91. The number of anilines is 1.